The fraction of sp³-hybridized carbons (Fsp3) is 0.0667. The average Bonchev–Trinajstić information content (AvgIpc) is 2.94. The number of H-pyrrole nitrogens is 1. The Hall–Kier alpha value is -3.22. The van der Waals surface area contributed by atoms with Crippen LogP contribution in [0.4, 0.5) is 5.69 Å². The lowest BCUT2D eigenvalue weighted by atomic mass is 10.1. The minimum absolute atomic E-state index is 0.244. The average molecular weight is 295 g/mol. The Kier molecular flexibility index (Phi) is 3.53. The number of aryl methyl sites for hydroxylation is 1. The van der Waals surface area contributed by atoms with E-state index in [1.165, 1.54) is 10.7 Å². The van der Waals surface area contributed by atoms with E-state index in [1.807, 2.05) is 6.07 Å². The van der Waals surface area contributed by atoms with Crippen LogP contribution in [0.5, 0.6) is 0 Å². The van der Waals surface area contributed by atoms with Crippen LogP contribution in [0.3, 0.4) is 0 Å². The van der Waals surface area contributed by atoms with E-state index in [9.17, 15) is 9.59 Å². The van der Waals surface area contributed by atoms with Crippen LogP contribution in [0.25, 0.3) is 11.3 Å². The van der Waals surface area contributed by atoms with Gasteiger partial charge in [0.25, 0.3) is 11.5 Å². The van der Waals surface area contributed by atoms with E-state index in [1.54, 1.807) is 43.6 Å². The molecule has 0 aliphatic rings. The van der Waals surface area contributed by atoms with Crippen molar-refractivity contribution in [3.05, 3.63) is 64.7 Å². The van der Waals surface area contributed by atoms with Gasteiger partial charge in [0.05, 0.1) is 5.69 Å². The first kappa shape index (κ1) is 13.7. The van der Waals surface area contributed by atoms with Crippen LogP contribution in [0.15, 0.2) is 53.5 Å². The third-order valence-electron chi connectivity index (χ3n) is 3.15. The van der Waals surface area contributed by atoms with Crippen LogP contribution in [0.1, 0.15) is 10.5 Å². The Balaban J connectivity index is 1.85. The highest BCUT2D eigenvalue weighted by Gasteiger charge is 2.10. The van der Waals surface area contributed by atoms with Gasteiger partial charge in [-0.25, -0.2) is 5.10 Å². The maximum atomic E-state index is 12.2. The number of benzene rings is 1. The van der Waals surface area contributed by atoms with Crippen molar-refractivity contribution in [2.24, 2.45) is 7.05 Å². The molecule has 110 valence electrons. The van der Waals surface area contributed by atoms with Crippen LogP contribution < -0.4 is 10.9 Å². The molecule has 0 aliphatic carbocycles. The molecular formula is C15H13N5O2. The topological polar surface area (TPSA) is 92.7 Å². The molecule has 2 N–H and O–H groups in total. The number of carbonyl (C=O) groups excluding carboxylic acids is 1. The lowest BCUT2D eigenvalue weighted by Gasteiger charge is -2.07. The van der Waals surface area contributed by atoms with Gasteiger partial charge in [-0.2, -0.15) is 10.2 Å². The Morgan fingerprint density at radius 3 is 2.77 bits per heavy atom. The van der Waals surface area contributed by atoms with Gasteiger partial charge in [0, 0.05) is 30.6 Å². The zero-order valence-corrected chi connectivity index (χ0v) is 11.8. The molecule has 0 spiro atoms. The van der Waals surface area contributed by atoms with Gasteiger partial charge >= 0.3 is 0 Å². The van der Waals surface area contributed by atoms with Crippen molar-refractivity contribution < 1.29 is 4.79 Å². The van der Waals surface area contributed by atoms with Gasteiger partial charge in [0.2, 0.25) is 0 Å². The van der Waals surface area contributed by atoms with Crippen molar-refractivity contribution in [3.63, 3.8) is 0 Å². The molecule has 0 bridgehead atoms. The van der Waals surface area contributed by atoms with Crippen molar-refractivity contribution in [2.75, 3.05) is 5.32 Å². The largest absolute Gasteiger partial charge is 0.321 e. The second-order valence-corrected chi connectivity index (χ2v) is 4.68. The van der Waals surface area contributed by atoms with Crippen LogP contribution >= 0.6 is 0 Å². The summed E-state index contributed by atoms with van der Waals surface area (Å²) in [5.74, 6) is -0.244. The van der Waals surface area contributed by atoms with E-state index < -0.39 is 0 Å². The Morgan fingerprint density at radius 2 is 2.09 bits per heavy atom. The van der Waals surface area contributed by atoms with Crippen molar-refractivity contribution >= 4 is 11.6 Å². The summed E-state index contributed by atoms with van der Waals surface area (Å²) < 4.78 is 1.50. The zero-order chi connectivity index (χ0) is 15.5. The van der Waals surface area contributed by atoms with Crippen LogP contribution in [0.2, 0.25) is 0 Å². The van der Waals surface area contributed by atoms with Crippen LogP contribution in [-0.4, -0.2) is 25.9 Å². The quantitative estimate of drug-likeness (QED) is 0.764. The maximum absolute atomic E-state index is 12.2. The molecule has 1 amide bonds. The van der Waals surface area contributed by atoms with Gasteiger partial charge in [0.15, 0.2) is 0 Å². The summed E-state index contributed by atoms with van der Waals surface area (Å²) in [5.41, 5.74) is 2.25. The summed E-state index contributed by atoms with van der Waals surface area (Å²) in [5, 5.41) is 13.1. The maximum Gasteiger partial charge on any atom is 0.273 e. The summed E-state index contributed by atoms with van der Waals surface area (Å²) >= 11 is 0. The monoisotopic (exact) mass is 295 g/mol. The number of nitrogens with one attached hydrogen (secondary N) is 2. The van der Waals surface area contributed by atoms with Gasteiger partial charge in [-0.1, -0.05) is 12.1 Å². The molecule has 0 atom stereocenters. The fourth-order valence-electron chi connectivity index (χ4n) is 2.05. The number of rotatable bonds is 3. The molecule has 2 heterocycles. The van der Waals surface area contributed by atoms with Gasteiger partial charge in [0.1, 0.15) is 5.69 Å². The van der Waals surface area contributed by atoms with Crippen LogP contribution in [-0.2, 0) is 7.05 Å². The molecule has 0 unspecified atom stereocenters. The van der Waals surface area contributed by atoms with E-state index in [0.29, 0.717) is 17.1 Å². The summed E-state index contributed by atoms with van der Waals surface area (Å²) in [4.78, 5) is 23.2. The number of anilines is 1. The Labute approximate surface area is 125 Å². The molecule has 3 rings (SSSR count). The second-order valence-electron chi connectivity index (χ2n) is 4.68. The molecule has 7 heteroatoms. The lowest BCUT2D eigenvalue weighted by Crippen LogP contribution is -2.16. The smallest absolute Gasteiger partial charge is 0.273 e. The molecule has 0 radical (unpaired) electrons. The summed E-state index contributed by atoms with van der Waals surface area (Å²) in [6, 6.07) is 11.9. The van der Waals surface area contributed by atoms with Gasteiger partial charge in [-0.3, -0.25) is 14.3 Å². The molecule has 2 aromatic heterocycles. The summed E-state index contributed by atoms with van der Waals surface area (Å²) in [6.45, 7) is 0. The standard InChI is InChI=1S/C15H13N5O2/c1-20-13(7-8-16-20)15(22)17-11-4-2-3-10(9-11)12-5-6-14(21)19-18-12/h2-9H,1H3,(H,17,22)(H,19,21). The third kappa shape index (κ3) is 2.78. The molecule has 0 aliphatic heterocycles. The third-order valence-corrected chi connectivity index (χ3v) is 3.15. The Morgan fingerprint density at radius 1 is 1.23 bits per heavy atom. The van der Waals surface area contributed by atoms with Crippen molar-refractivity contribution in [1.29, 1.82) is 0 Å². The number of hydrogen-bond donors (Lipinski definition) is 2. The molecule has 0 saturated carbocycles. The van der Waals surface area contributed by atoms with Gasteiger partial charge in [-0.05, 0) is 24.3 Å². The number of amides is 1. The first-order chi connectivity index (χ1) is 10.6. The number of aromatic nitrogens is 4. The fourth-order valence-corrected chi connectivity index (χ4v) is 2.05. The highest BCUT2D eigenvalue weighted by atomic mass is 16.2. The molecule has 1 aromatic carbocycles. The molecule has 0 saturated heterocycles. The second kappa shape index (κ2) is 5.65. The van der Waals surface area contributed by atoms with E-state index in [2.05, 4.69) is 20.6 Å². The SMILES string of the molecule is Cn1nccc1C(=O)Nc1cccc(-c2ccc(=O)[nH]n2)c1. The number of aromatic amines is 1. The van der Waals surface area contributed by atoms with Crippen molar-refractivity contribution in [3.8, 4) is 11.3 Å². The number of carbonyl (C=O) groups is 1. The summed E-state index contributed by atoms with van der Waals surface area (Å²) in [6.07, 6.45) is 1.57. The zero-order valence-electron chi connectivity index (χ0n) is 11.8. The van der Waals surface area contributed by atoms with Gasteiger partial charge in [-0.15, -0.1) is 0 Å². The summed E-state index contributed by atoms with van der Waals surface area (Å²) in [7, 11) is 1.70. The number of nitrogens with zero attached hydrogens (tertiary/aromatic N) is 3. The van der Waals surface area contributed by atoms with Crippen molar-refractivity contribution in [1.82, 2.24) is 20.0 Å². The highest BCUT2D eigenvalue weighted by Crippen LogP contribution is 2.20. The predicted molar refractivity (Wildman–Crippen MR) is 81.5 cm³/mol. The molecule has 22 heavy (non-hydrogen) atoms. The minimum atomic E-state index is -0.260. The highest BCUT2D eigenvalue weighted by molar-refractivity contribution is 6.03. The molecule has 0 fully saturated rings. The first-order valence-corrected chi connectivity index (χ1v) is 6.59. The lowest BCUT2D eigenvalue weighted by molar-refractivity contribution is 0.101. The van der Waals surface area contributed by atoms with E-state index in [-0.39, 0.29) is 11.5 Å². The Bertz CT molecular complexity index is 861. The van der Waals surface area contributed by atoms with E-state index >= 15 is 0 Å². The normalized spacial score (nSPS) is 10.4. The first-order valence-electron chi connectivity index (χ1n) is 6.59. The molecular weight excluding hydrogens is 282 g/mol. The van der Waals surface area contributed by atoms with Gasteiger partial charge < -0.3 is 5.32 Å². The van der Waals surface area contributed by atoms with Crippen molar-refractivity contribution in [2.45, 2.75) is 0 Å². The predicted octanol–water partition coefficient (Wildman–Crippen LogP) is 1.42. The van der Waals surface area contributed by atoms with Crippen LogP contribution in [0, 0.1) is 0 Å². The molecule has 7 nitrogen and oxygen atoms in total. The minimum Gasteiger partial charge on any atom is -0.321 e. The van der Waals surface area contributed by atoms with E-state index in [0.717, 1.165) is 5.56 Å². The van der Waals surface area contributed by atoms with E-state index in [4.69, 9.17) is 0 Å². The molecule has 3 aromatic rings. The number of hydrogen-bond acceptors (Lipinski definition) is 4.